The van der Waals surface area contributed by atoms with Gasteiger partial charge in [-0.2, -0.15) is 5.26 Å². The molecule has 2 aromatic carbocycles. The fraction of sp³-hybridized carbons (Fsp3) is 0.316. The molecule has 1 N–H and O–H groups in total. The van der Waals surface area contributed by atoms with E-state index in [0.717, 1.165) is 44.0 Å². The number of nitrogens with zero attached hydrogens (tertiary/aromatic N) is 2. The van der Waals surface area contributed by atoms with Crippen LogP contribution in [-0.2, 0) is 6.54 Å². The molecule has 1 fully saturated rings. The van der Waals surface area contributed by atoms with E-state index in [-0.39, 0.29) is 0 Å². The molecule has 0 atom stereocenters. The van der Waals surface area contributed by atoms with Crippen molar-refractivity contribution in [1.29, 1.82) is 5.26 Å². The van der Waals surface area contributed by atoms with E-state index >= 15 is 0 Å². The van der Waals surface area contributed by atoms with Gasteiger partial charge in [0.1, 0.15) is 12.3 Å². The molecule has 0 bridgehead atoms. The molecule has 4 nitrogen and oxygen atoms in total. The molecule has 0 spiro atoms. The first-order valence-corrected chi connectivity index (χ1v) is 8.00. The number of nitriles is 1. The second-order valence-electron chi connectivity index (χ2n) is 5.92. The first-order valence-electron chi connectivity index (χ1n) is 8.00. The maximum absolute atomic E-state index is 8.85. The van der Waals surface area contributed by atoms with Crippen LogP contribution in [0.2, 0.25) is 0 Å². The Balaban J connectivity index is 1.54. The number of benzene rings is 2. The van der Waals surface area contributed by atoms with Gasteiger partial charge in [-0.15, -0.1) is 0 Å². The van der Waals surface area contributed by atoms with Crippen LogP contribution in [0.25, 0.3) is 0 Å². The molecule has 3 rings (SSSR count). The van der Waals surface area contributed by atoms with E-state index in [0.29, 0.717) is 0 Å². The molecule has 2 aromatic rings. The Morgan fingerprint density at radius 1 is 1.04 bits per heavy atom. The van der Waals surface area contributed by atoms with Crippen molar-refractivity contribution >= 4 is 5.69 Å². The van der Waals surface area contributed by atoms with Crippen LogP contribution in [0.15, 0.2) is 48.5 Å². The Morgan fingerprint density at radius 2 is 1.70 bits per heavy atom. The summed E-state index contributed by atoms with van der Waals surface area (Å²) in [5.41, 5.74) is 3.30. The molecule has 1 heterocycles. The molecule has 0 aromatic heterocycles. The van der Waals surface area contributed by atoms with E-state index in [1.54, 1.807) is 12.0 Å². The summed E-state index contributed by atoms with van der Waals surface area (Å²) in [6.07, 6.45) is 0. The van der Waals surface area contributed by atoms with Crippen molar-refractivity contribution < 1.29 is 9.64 Å². The molecule has 1 aliphatic heterocycles. The van der Waals surface area contributed by atoms with Gasteiger partial charge in [-0.05, 0) is 36.4 Å². The summed E-state index contributed by atoms with van der Waals surface area (Å²) in [4.78, 5) is 4.03. The Morgan fingerprint density at radius 3 is 2.26 bits per heavy atom. The van der Waals surface area contributed by atoms with Crippen molar-refractivity contribution in [2.75, 3.05) is 38.2 Å². The van der Waals surface area contributed by atoms with Gasteiger partial charge >= 0.3 is 0 Å². The van der Waals surface area contributed by atoms with Crippen LogP contribution in [0.3, 0.4) is 0 Å². The van der Waals surface area contributed by atoms with Crippen LogP contribution in [0.1, 0.15) is 11.1 Å². The van der Waals surface area contributed by atoms with Gasteiger partial charge in [-0.25, -0.2) is 0 Å². The van der Waals surface area contributed by atoms with Gasteiger partial charge in [0.2, 0.25) is 0 Å². The molecule has 1 saturated heterocycles. The van der Waals surface area contributed by atoms with E-state index in [1.165, 1.54) is 11.3 Å². The summed E-state index contributed by atoms with van der Waals surface area (Å²) < 4.78 is 5.21. The molecule has 4 heteroatoms. The largest absolute Gasteiger partial charge is 0.497 e. The molecule has 1 aliphatic rings. The fourth-order valence-corrected chi connectivity index (χ4v) is 3.04. The number of nitrogens with one attached hydrogen (secondary N) is 1. The van der Waals surface area contributed by atoms with Crippen molar-refractivity contribution in [2.45, 2.75) is 6.54 Å². The normalized spacial score (nSPS) is 15.2. The number of hydrogen-bond donors (Lipinski definition) is 1. The quantitative estimate of drug-likeness (QED) is 0.930. The highest BCUT2D eigenvalue weighted by atomic mass is 16.5. The van der Waals surface area contributed by atoms with Gasteiger partial charge in [0, 0.05) is 11.3 Å². The first-order chi connectivity index (χ1) is 11.3. The summed E-state index contributed by atoms with van der Waals surface area (Å²) >= 11 is 0. The summed E-state index contributed by atoms with van der Waals surface area (Å²) in [6, 6.07) is 18.4. The zero-order valence-electron chi connectivity index (χ0n) is 13.5. The van der Waals surface area contributed by atoms with Crippen molar-refractivity contribution in [3.8, 4) is 11.8 Å². The molecular formula is C19H22N3O+. The Bertz CT molecular complexity index is 665. The monoisotopic (exact) mass is 308 g/mol. The van der Waals surface area contributed by atoms with Crippen LogP contribution in [-0.4, -0.2) is 33.3 Å². The number of methoxy groups -OCH3 is 1. The lowest BCUT2D eigenvalue weighted by atomic mass is 10.1. The first kappa shape index (κ1) is 15.4. The second-order valence-corrected chi connectivity index (χ2v) is 5.92. The van der Waals surface area contributed by atoms with Gasteiger partial charge in [-0.1, -0.05) is 12.1 Å². The predicted octanol–water partition coefficient (Wildman–Crippen LogP) is 1.47. The molecule has 23 heavy (non-hydrogen) atoms. The molecule has 0 amide bonds. The third-order valence-corrected chi connectivity index (χ3v) is 4.45. The average molecular weight is 308 g/mol. The molecular weight excluding hydrogens is 286 g/mol. The van der Waals surface area contributed by atoms with Crippen LogP contribution in [0.4, 0.5) is 5.69 Å². The topological polar surface area (TPSA) is 40.7 Å². The summed E-state index contributed by atoms with van der Waals surface area (Å²) in [5, 5.41) is 8.85. The Hall–Kier alpha value is -2.51. The van der Waals surface area contributed by atoms with Gasteiger partial charge < -0.3 is 14.5 Å². The van der Waals surface area contributed by atoms with E-state index in [4.69, 9.17) is 10.00 Å². The zero-order chi connectivity index (χ0) is 16.1. The minimum Gasteiger partial charge on any atom is -0.497 e. The van der Waals surface area contributed by atoms with Crippen molar-refractivity contribution in [2.24, 2.45) is 0 Å². The lowest BCUT2D eigenvalue weighted by Gasteiger charge is -2.33. The van der Waals surface area contributed by atoms with Crippen LogP contribution in [0.5, 0.6) is 5.75 Å². The predicted molar refractivity (Wildman–Crippen MR) is 90.8 cm³/mol. The smallest absolute Gasteiger partial charge is 0.119 e. The lowest BCUT2D eigenvalue weighted by molar-refractivity contribution is -0.914. The SMILES string of the molecule is COc1ccc(N2CC[NH+](Cc3ccc(C#N)cc3)CC2)cc1. The highest BCUT2D eigenvalue weighted by Gasteiger charge is 2.20. The standard InChI is InChI=1S/C19H21N3O/c1-23-19-8-6-18(7-9-19)22-12-10-21(11-13-22)15-17-4-2-16(14-20)3-5-17/h2-9H,10-13,15H2,1H3/p+1. The summed E-state index contributed by atoms with van der Waals surface area (Å²) in [6.45, 7) is 5.43. The number of ether oxygens (including phenoxy) is 1. The van der Waals surface area contributed by atoms with E-state index in [1.807, 2.05) is 24.3 Å². The van der Waals surface area contributed by atoms with Crippen molar-refractivity contribution in [1.82, 2.24) is 0 Å². The molecule has 0 radical (unpaired) electrons. The second kappa shape index (κ2) is 7.17. The minimum atomic E-state index is 0.730. The maximum Gasteiger partial charge on any atom is 0.119 e. The molecule has 0 unspecified atom stereocenters. The number of anilines is 1. The number of rotatable bonds is 4. The third-order valence-electron chi connectivity index (χ3n) is 4.45. The van der Waals surface area contributed by atoms with E-state index < -0.39 is 0 Å². The maximum atomic E-state index is 8.85. The fourth-order valence-electron chi connectivity index (χ4n) is 3.04. The van der Waals surface area contributed by atoms with E-state index in [9.17, 15) is 0 Å². The number of quaternary nitrogens is 1. The summed E-state index contributed by atoms with van der Waals surface area (Å²) in [7, 11) is 1.69. The number of piperazine rings is 1. The molecule has 0 aliphatic carbocycles. The van der Waals surface area contributed by atoms with Gasteiger partial charge in [-0.3, -0.25) is 0 Å². The summed E-state index contributed by atoms with van der Waals surface area (Å²) in [5.74, 6) is 0.902. The van der Waals surface area contributed by atoms with Crippen LogP contribution >= 0.6 is 0 Å². The highest BCUT2D eigenvalue weighted by Crippen LogP contribution is 2.19. The van der Waals surface area contributed by atoms with Crippen LogP contribution in [0, 0.1) is 11.3 Å². The third kappa shape index (κ3) is 3.82. The molecule has 0 saturated carbocycles. The highest BCUT2D eigenvalue weighted by molar-refractivity contribution is 5.49. The van der Waals surface area contributed by atoms with Gasteiger partial charge in [0.15, 0.2) is 0 Å². The minimum absolute atomic E-state index is 0.730. The van der Waals surface area contributed by atoms with E-state index in [2.05, 4.69) is 35.2 Å². The lowest BCUT2D eigenvalue weighted by Crippen LogP contribution is -3.13. The van der Waals surface area contributed by atoms with Crippen molar-refractivity contribution in [3.63, 3.8) is 0 Å². The van der Waals surface area contributed by atoms with Crippen molar-refractivity contribution in [3.05, 3.63) is 59.7 Å². The van der Waals surface area contributed by atoms with Crippen LogP contribution < -0.4 is 14.5 Å². The average Bonchev–Trinajstić information content (AvgIpc) is 2.63. The van der Waals surface area contributed by atoms with Gasteiger partial charge in [0.05, 0.1) is 44.9 Å². The Labute approximate surface area is 137 Å². The number of hydrogen-bond acceptors (Lipinski definition) is 3. The Kier molecular flexibility index (Phi) is 4.80. The van der Waals surface area contributed by atoms with Gasteiger partial charge in [0.25, 0.3) is 0 Å². The zero-order valence-corrected chi connectivity index (χ0v) is 13.5. The molecule has 118 valence electrons.